The maximum absolute atomic E-state index is 17.5. The summed E-state index contributed by atoms with van der Waals surface area (Å²) in [7, 11) is 0. The molecule has 0 spiro atoms. The zero-order chi connectivity index (χ0) is 34.0. The van der Waals surface area contributed by atoms with Gasteiger partial charge in [0, 0.05) is 66.6 Å². The summed E-state index contributed by atoms with van der Waals surface area (Å²) in [6.45, 7) is 8.50. The second kappa shape index (κ2) is 12.4. The van der Waals surface area contributed by atoms with E-state index in [1.165, 1.54) is 18.2 Å². The molecule has 256 valence electrons. The SMILES string of the molecule is C#Cc1c(F)ccc2cc(O)cc(-c3c(C(C)C)cc4c(N5CC6CCC(C5)N6)nc(OCC5(CN6CCC(O)CC6)CC5)nc4c3F)c12. The molecule has 49 heavy (non-hydrogen) atoms. The van der Waals surface area contributed by atoms with Gasteiger partial charge in [-0.2, -0.15) is 9.97 Å². The second-order valence-electron chi connectivity index (χ2n) is 15.0. The summed E-state index contributed by atoms with van der Waals surface area (Å²) in [6.07, 6.45) is 11.4. The lowest BCUT2D eigenvalue weighted by Gasteiger charge is -2.34. The average Bonchev–Trinajstić information content (AvgIpc) is 3.77. The van der Waals surface area contributed by atoms with Crippen molar-refractivity contribution in [3.05, 3.63) is 53.1 Å². The van der Waals surface area contributed by atoms with Crippen LogP contribution in [0.5, 0.6) is 11.8 Å². The third-order valence-electron chi connectivity index (χ3n) is 11.1. The maximum atomic E-state index is 17.5. The van der Waals surface area contributed by atoms with Crippen molar-refractivity contribution in [2.75, 3.05) is 44.2 Å². The minimum atomic E-state index is -0.586. The number of hydrogen-bond acceptors (Lipinski definition) is 8. The van der Waals surface area contributed by atoms with E-state index in [-0.39, 0.29) is 45.8 Å². The molecule has 0 amide bonds. The summed E-state index contributed by atoms with van der Waals surface area (Å²) in [5.74, 6) is 1.73. The first-order valence-corrected chi connectivity index (χ1v) is 17.6. The number of fused-ring (bicyclic) bond motifs is 4. The van der Waals surface area contributed by atoms with Gasteiger partial charge >= 0.3 is 6.01 Å². The van der Waals surface area contributed by atoms with Crippen molar-refractivity contribution in [1.82, 2.24) is 20.2 Å². The predicted octanol–water partition coefficient (Wildman–Crippen LogP) is 6.09. The molecular weight excluding hydrogens is 624 g/mol. The van der Waals surface area contributed by atoms with E-state index in [0.29, 0.717) is 51.8 Å². The van der Waals surface area contributed by atoms with E-state index in [2.05, 4.69) is 21.0 Å². The van der Waals surface area contributed by atoms with Gasteiger partial charge in [0.25, 0.3) is 0 Å². The number of benzene rings is 3. The van der Waals surface area contributed by atoms with E-state index >= 15 is 8.78 Å². The second-order valence-corrected chi connectivity index (χ2v) is 15.0. The molecule has 2 atom stereocenters. The highest BCUT2D eigenvalue weighted by molar-refractivity contribution is 6.05. The van der Waals surface area contributed by atoms with Gasteiger partial charge in [-0.15, -0.1) is 6.42 Å². The number of phenolic OH excluding ortho intramolecular Hbond substituents is 1. The topological polar surface area (TPSA) is 94.0 Å². The first kappa shape index (κ1) is 32.2. The van der Waals surface area contributed by atoms with E-state index in [1.54, 1.807) is 6.07 Å². The minimum absolute atomic E-state index is 0.0170. The number of nitrogens with one attached hydrogen (secondary N) is 1. The van der Waals surface area contributed by atoms with E-state index in [0.717, 1.165) is 71.2 Å². The van der Waals surface area contributed by atoms with Crippen molar-refractivity contribution >= 4 is 27.5 Å². The number of piperidine rings is 1. The number of aliphatic hydroxyl groups is 1. The summed E-state index contributed by atoms with van der Waals surface area (Å²) in [5, 5.41) is 25.9. The Morgan fingerprint density at radius 2 is 1.80 bits per heavy atom. The largest absolute Gasteiger partial charge is 0.508 e. The lowest BCUT2D eigenvalue weighted by molar-refractivity contribution is 0.0643. The Bertz CT molecular complexity index is 1970. The summed E-state index contributed by atoms with van der Waals surface area (Å²) < 4.78 is 39.0. The fourth-order valence-corrected chi connectivity index (χ4v) is 8.27. The number of terminal acetylenes is 1. The van der Waals surface area contributed by atoms with Crippen LogP contribution in [0.1, 0.15) is 69.4 Å². The molecule has 4 aliphatic rings. The van der Waals surface area contributed by atoms with Crippen LogP contribution in [0.15, 0.2) is 30.3 Å². The number of halogens is 2. The number of ether oxygens (including phenoxy) is 1. The molecule has 0 radical (unpaired) electrons. The fraction of sp³-hybridized carbons (Fsp3) is 0.487. The van der Waals surface area contributed by atoms with Gasteiger partial charge in [-0.25, -0.2) is 8.78 Å². The zero-order valence-electron chi connectivity index (χ0n) is 28.1. The quantitative estimate of drug-likeness (QED) is 0.195. The highest BCUT2D eigenvalue weighted by Crippen LogP contribution is 2.48. The van der Waals surface area contributed by atoms with E-state index in [9.17, 15) is 10.2 Å². The van der Waals surface area contributed by atoms with Crippen molar-refractivity contribution < 1.29 is 23.7 Å². The monoisotopic (exact) mass is 667 g/mol. The van der Waals surface area contributed by atoms with Crippen molar-refractivity contribution in [2.24, 2.45) is 5.41 Å². The molecule has 8 rings (SSSR count). The van der Waals surface area contributed by atoms with Crippen molar-refractivity contribution in [1.29, 1.82) is 0 Å². The lowest BCUT2D eigenvalue weighted by atomic mass is 9.86. The Balaban J connectivity index is 1.26. The summed E-state index contributed by atoms with van der Waals surface area (Å²) >= 11 is 0. The Labute approximate surface area is 285 Å². The summed E-state index contributed by atoms with van der Waals surface area (Å²) in [6, 6.07) is 8.54. The number of phenols is 1. The molecule has 4 aromatic rings. The Morgan fingerprint density at radius 1 is 1.06 bits per heavy atom. The predicted molar refractivity (Wildman–Crippen MR) is 187 cm³/mol. The first-order valence-electron chi connectivity index (χ1n) is 17.6. The van der Waals surface area contributed by atoms with Gasteiger partial charge in [-0.05, 0) is 85.2 Å². The first-order chi connectivity index (χ1) is 23.6. The summed E-state index contributed by atoms with van der Waals surface area (Å²) in [5.41, 5.74) is 1.35. The molecule has 2 bridgehead atoms. The standard InChI is InChI=1S/C39H43F2N5O3/c1-4-28-32(40)8-5-23-15-27(48)16-30(33(23)28)34-29(22(2)3)17-31-36(35(34)41)43-38(44-37(31)46-18-24-6-7-25(19-46)42-24)49-21-39(11-12-39)20-45-13-9-26(47)10-14-45/h1,5,8,15-17,22,24-26,42,47-48H,6-7,9-14,18-21H2,2-3H3. The molecule has 1 aliphatic carbocycles. The van der Waals surface area contributed by atoms with Gasteiger partial charge in [-0.3, -0.25) is 0 Å². The number of nitrogens with zero attached hydrogens (tertiary/aromatic N) is 4. The van der Waals surface area contributed by atoms with E-state index in [1.807, 2.05) is 19.9 Å². The lowest BCUT2D eigenvalue weighted by Crippen LogP contribution is -2.51. The van der Waals surface area contributed by atoms with Crippen LogP contribution in [-0.4, -0.2) is 82.6 Å². The number of anilines is 1. The van der Waals surface area contributed by atoms with Crippen molar-refractivity contribution in [2.45, 2.75) is 76.5 Å². The van der Waals surface area contributed by atoms with Crippen LogP contribution in [-0.2, 0) is 0 Å². The van der Waals surface area contributed by atoms with Gasteiger partial charge in [0.1, 0.15) is 22.9 Å². The van der Waals surface area contributed by atoms with Crippen LogP contribution >= 0.6 is 0 Å². The molecule has 4 fully saturated rings. The number of hydrogen-bond donors (Lipinski definition) is 3. The highest BCUT2D eigenvalue weighted by atomic mass is 19.1. The van der Waals surface area contributed by atoms with Crippen LogP contribution in [0.4, 0.5) is 14.6 Å². The molecule has 3 aliphatic heterocycles. The van der Waals surface area contributed by atoms with E-state index in [4.69, 9.17) is 21.1 Å². The normalized spacial score (nSPS) is 22.3. The van der Waals surface area contributed by atoms with Crippen molar-refractivity contribution in [3.8, 4) is 35.2 Å². The molecular formula is C39H43F2N5O3. The number of likely N-dealkylation sites (tertiary alicyclic amines) is 1. The molecule has 3 aromatic carbocycles. The van der Waals surface area contributed by atoms with Gasteiger partial charge in [0.2, 0.25) is 0 Å². The van der Waals surface area contributed by atoms with Crippen LogP contribution < -0.4 is 15.0 Å². The molecule has 10 heteroatoms. The molecule has 3 saturated heterocycles. The van der Waals surface area contributed by atoms with Crippen LogP contribution in [0.2, 0.25) is 0 Å². The minimum Gasteiger partial charge on any atom is -0.508 e. The average molecular weight is 668 g/mol. The molecule has 1 saturated carbocycles. The summed E-state index contributed by atoms with van der Waals surface area (Å²) in [4.78, 5) is 14.4. The van der Waals surface area contributed by atoms with Gasteiger partial charge in [-0.1, -0.05) is 25.8 Å². The third-order valence-corrected chi connectivity index (χ3v) is 11.1. The molecule has 1 aromatic heterocycles. The smallest absolute Gasteiger partial charge is 0.319 e. The van der Waals surface area contributed by atoms with Crippen LogP contribution in [0.25, 0.3) is 32.8 Å². The number of aliphatic hydroxyl groups excluding tert-OH is 1. The fourth-order valence-electron chi connectivity index (χ4n) is 8.27. The number of piperazine rings is 1. The van der Waals surface area contributed by atoms with Crippen LogP contribution in [0, 0.1) is 29.4 Å². The Morgan fingerprint density at radius 3 is 2.47 bits per heavy atom. The van der Waals surface area contributed by atoms with Gasteiger partial charge in [0.05, 0.1) is 18.3 Å². The Hall–Kier alpha value is -4.04. The molecule has 2 unspecified atom stereocenters. The third kappa shape index (κ3) is 5.96. The van der Waals surface area contributed by atoms with E-state index < -0.39 is 11.6 Å². The molecule has 3 N–H and O–H groups in total. The molecule has 8 nitrogen and oxygen atoms in total. The van der Waals surface area contributed by atoms with Gasteiger partial charge < -0.3 is 30.1 Å². The molecule has 4 heterocycles. The number of aromatic nitrogens is 2. The van der Waals surface area contributed by atoms with Gasteiger partial charge in [0.15, 0.2) is 5.82 Å². The number of aromatic hydroxyl groups is 1. The van der Waals surface area contributed by atoms with Crippen LogP contribution in [0.3, 0.4) is 0 Å². The zero-order valence-corrected chi connectivity index (χ0v) is 28.1. The number of rotatable bonds is 8. The highest BCUT2D eigenvalue weighted by Gasteiger charge is 2.45. The maximum Gasteiger partial charge on any atom is 0.319 e. The Kier molecular flexibility index (Phi) is 8.13. The van der Waals surface area contributed by atoms with Crippen molar-refractivity contribution in [3.63, 3.8) is 0 Å².